The highest BCUT2D eigenvalue weighted by atomic mass is 32.2. The molecule has 1 aromatic heterocycles. The van der Waals surface area contributed by atoms with E-state index in [4.69, 9.17) is 0 Å². The molecular formula is C16H17F2N3O3S. The Morgan fingerprint density at radius 3 is 2.52 bits per heavy atom. The highest BCUT2D eigenvalue weighted by Gasteiger charge is 2.29. The normalized spacial score (nSPS) is 12.5. The van der Waals surface area contributed by atoms with Gasteiger partial charge in [0.05, 0.1) is 24.2 Å². The fourth-order valence-electron chi connectivity index (χ4n) is 2.26. The minimum Gasteiger partial charge on any atom is -0.349 e. The molecule has 1 aromatic carbocycles. The topological polar surface area (TPSA) is 79.4 Å². The number of aromatic nitrogens is 1. The molecule has 134 valence electrons. The number of benzene rings is 1. The molecule has 9 heteroatoms. The molecule has 2 rings (SSSR count). The lowest BCUT2D eigenvalue weighted by Crippen LogP contribution is -2.47. The number of hydrogen-bond donors (Lipinski definition) is 1. The maximum absolute atomic E-state index is 13.5. The van der Waals surface area contributed by atoms with Crippen LogP contribution in [0.25, 0.3) is 0 Å². The molecule has 25 heavy (non-hydrogen) atoms. The Hall–Kier alpha value is -2.55. The van der Waals surface area contributed by atoms with E-state index in [2.05, 4.69) is 10.3 Å². The molecule has 0 radical (unpaired) electrons. The van der Waals surface area contributed by atoms with Gasteiger partial charge < -0.3 is 5.32 Å². The summed E-state index contributed by atoms with van der Waals surface area (Å²) < 4.78 is 51.4. The van der Waals surface area contributed by atoms with Crippen molar-refractivity contribution in [3.05, 3.63) is 59.9 Å². The van der Waals surface area contributed by atoms with Gasteiger partial charge in [-0.1, -0.05) is 6.07 Å². The van der Waals surface area contributed by atoms with Crippen LogP contribution in [0.4, 0.5) is 14.5 Å². The Kier molecular flexibility index (Phi) is 5.68. The first-order valence-corrected chi connectivity index (χ1v) is 9.17. The van der Waals surface area contributed by atoms with E-state index in [1.54, 1.807) is 24.4 Å². The van der Waals surface area contributed by atoms with Gasteiger partial charge in [-0.15, -0.1) is 0 Å². The average Bonchev–Trinajstić information content (AvgIpc) is 2.55. The highest BCUT2D eigenvalue weighted by molar-refractivity contribution is 7.92. The Labute approximate surface area is 144 Å². The van der Waals surface area contributed by atoms with Crippen LogP contribution in [0.2, 0.25) is 0 Å². The molecule has 0 aliphatic heterocycles. The summed E-state index contributed by atoms with van der Waals surface area (Å²) in [4.78, 5) is 16.4. The lowest BCUT2D eigenvalue weighted by Gasteiger charge is -2.28. The summed E-state index contributed by atoms with van der Waals surface area (Å²) in [6, 6.07) is 6.66. The molecule has 0 aliphatic carbocycles. The van der Waals surface area contributed by atoms with E-state index in [0.717, 1.165) is 28.8 Å². The lowest BCUT2D eigenvalue weighted by molar-refractivity contribution is -0.122. The van der Waals surface area contributed by atoms with E-state index in [0.29, 0.717) is 5.69 Å². The second-order valence-corrected chi connectivity index (χ2v) is 7.23. The second kappa shape index (κ2) is 7.56. The smallest absolute Gasteiger partial charge is 0.243 e. The van der Waals surface area contributed by atoms with Crippen LogP contribution in [-0.2, 0) is 21.4 Å². The fourth-order valence-corrected chi connectivity index (χ4v) is 3.43. The molecule has 1 N–H and O–H groups in total. The van der Waals surface area contributed by atoms with Gasteiger partial charge in [-0.05, 0) is 31.2 Å². The fraction of sp³-hybridized carbons (Fsp3) is 0.250. The summed E-state index contributed by atoms with van der Waals surface area (Å²) >= 11 is 0. The Balaban J connectivity index is 2.22. The predicted molar refractivity (Wildman–Crippen MR) is 89.2 cm³/mol. The number of rotatable bonds is 6. The van der Waals surface area contributed by atoms with Crippen LogP contribution in [-0.4, -0.2) is 31.6 Å². The first-order chi connectivity index (χ1) is 11.7. The van der Waals surface area contributed by atoms with E-state index in [9.17, 15) is 22.0 Å². The van der Waals surface area contributed by atoms with Crippen LogP contribution in [0.15, 0.2) is 42.6 Å². The van der Waals surface area contributed by atoms with Crippen LogP contribution in [0, 0.1) is 11.6 Å². The van der Waals surface area contributed by atoms with E-state index >= 15 is 0 Å². The molecule has 0 spiro atoms. The third-order valence-electron chi connectivity index (χ3n) is 3.42. The number of carbonyl (C=O) groups excluding carboxylic acids is 1. The molecule has 1 heterocycles. The van der Waals surface area contributed by atoms with Crippen LogP contribution >= 0.6 is 0 Å². The van der Waals surface area contributed by atoms with Gasteiger partial charge in [0.25, 0.3) is 0 Å². The number of amides is 1. The lowest BCUT2D eigenvalue weighted by atomic mass is 10.2. The van der Waals surface area contributed by atoms with E-state index in [-0.39, 0.29) is 12.2 Å². The third-order valence-corrected chi connectivity index (χ3v) is 4.66. The number of carbonyl (C=O) groups is 1. The van der Waals surface area contributed by atoms with Crippen molar-refractivity contribution in [1.29, 1.82) is 0 Å². The van der Waals surface area contributed by atoms with Gasteiger partial charge in [0.15, 0.2) is 11.6 Å². The summed E-state index contributed by atoms with van der Waals surface area (Å²) in [5.74, 6) is -2.91. The van der Waals surface area contributed by atoms with Crippen molar-refractivity contribution in [3.8, 4) is 0 Å². The van der Waals surface area contributed by atoms with Gasteiger partial charge in [-0.25, -0.2) is 17.2 Å². The van der Waals surface area contributed by atoms with Crippen LogP contribution in [0.3, 0.4) is 0 Å². The summed E-state index contributed by atoms with van der Waals surface area (Å²) in [6.45, 7) is 1.47. The maximum atomic E-state index is 13.5. The monoisotopic (exact) mass is 369 g/mol. The zero-order chi connectivity index (χ0) is 18.6. The second-order valence-electron chi connectivity index (χ2n) is 5.37. The van der Waals surface area contributed by atoms with Gasteiger partial charge in [0.1, 0.15) is 6.04 Å². The average molecular weight is 369 g/mol. The first kappa shape index (κ1) is 18.8. The number of hydrogen-bond acceptors (Lipinski definition) is 4. The quantitative estimate of drug-likeness (QED) is 0.843. The van der Waals surface area contributed by atoms with Crippen molar-refractivity contribution in [2.24, 2.45) is 0 Å². The highest BCUT2D eigenvalue weighted by Crippen LogP contribution is 2.23. The molecule has 0 saturated heterocycles. The van der Waals surface area contributed by atoms with E-state index in [1.165, 1.54) is 6.92 Å². The number of halogens is 2. The zero-order valence-corrected chi connectivity index (χ0v) is 14.4. The van der Waals surface area contributed by atoms with Crippen molar-refractivity contribution in [3.63, 3.8) is 0 Å². The number of pyridine rings is 1. The van der Waals surface area contributed by atoms with E-state index in [1.807, 2.05) is 0 Å². The van der Waals surface area contributed by atoms with Gasteiger partial charge in [0.2, 0.25) is 15.9 Å². The number of sulfonamides is 1. The number of nitrogens with one attached hydrogen (secondary N) is 1. The largest absolute Gasteiger partial charge is 0.349 e. The standard InChI is InChI=1S/C16H17F2N3O3S/c1-11(16(22)20-10-12-5-3-4-8-19-12)21(25(2,23)24)13-6-7-14(17)15(18)9-13/h3-9,11H,10H2,1-2H3,(H,20,22)/t11-/m1/s1. The van der Waals surface area contributed by atoms with Crippen LogP contribution in [0.1, 0.15) is 12.6 Å². The minimum atomic E-state index is -3.91. The SMILES string of the molecule is C[C@H](C(=O)NCc1ccccn1)N(c1ccc(F)c(F)c1)S(C)(=O)=O. The van der Waals surface area contributed by atoms with Crippen LogP contribution < -0.4 is 9.62 Å². The van der Waals surface area contributed by atoms with E-state index < -0.39 is 33.6 Å². The minimum absolute atomic E-state index is 0.111. The molecule has 6 nitrogen and oxygen atoms in total. The zero-order valence-electron chi connectivity index (χ0n) is 13.6. The van der Waals surface area contributed by atoms with Crippen molar-refractivity contribution in [2.45, 2.75) is 19.5 Å². The Morgan fingerprint density at radius 1 is 1.24 bits per heavy atom. The number of nitrogens with zero attached hydrogens (tertiary/aromatic N) is 2. The summed E-state index contributed by atoms with van der Waals surface area (Å²) in [6.07, 6.45) is 2.45. The van der Waals surface area contributed by atoms with Gasteiger partial charge >= 0.3 is 0 Å². The molecule has 2 aromatic rings. The maximum Gasteiger partial charge on any atom is 0.243 e. The molecule has 1 amide bonds. The Morgan fingerprint density at radius 2 is 1.96 bits per heavy atom. The Bertz CT molecular complexity index is 860. The van der Waals surface area contributed by atoms with Crippen LogP contribution in [0.5, 0.6) is 0 Å². The molecule has 0 saturated carbocycles. The molecule has 0 bridgehead atoms. The summed E-state index contributed by atoms with van der Waals surface area (Å²) in [5, 5.41) is 2.57. The molecular weight excluding hydrogens is 352 g/mol. The van der Waals surface area contributed by atoms with Crippen molar-refractivity contribution >= 4 is 21.6 Å². The molecule has 1 atom stereocenters. The van der Waals surface area contributed by atoms with Gasteiger partial charge in [0, 0.05) is 12.3 Å². The van der Waals surface area contributed by atoms with Crippen molar-refractivity contribution < 1.29 is 22.0 Å². The number of anilines is 1. The molecule has 0 fully saturated rings. The third kappa shape index (κ3) is 4.72. The summed E-state index contributed by atoms with van der Waals surface area (Å²) in [7, 11) is -3.91. The van der Waals surface area contributed by atoms with Crippen molar-refractivity contribution in [1.82, 2.24) is 10.3 Å². The predicted octanol–water partition coefficient (Wildman–Crippen LogP) is 1.83. The van der Waals surface area contributed by atoms with Gasteiger partial charge in [-0.3, -0.25) is 14.1 Å². The first-order valence-electron chi connectivity index (χ1n) is 7.32. The van der Waals surface area contributed by atoms with Gasteiger partial charge in [-0.2, -0.15) is 0 Å². The van der Waals surface area contributed by atoms with Crippen molar-refractivity contribution in [2.75, 3.05) is 10.6 Å². The molecule has 0 aliphatic rings. The molecule has 0 unspecified atom stereocenters. The summed E-state index contributed by atoms with van der Waals surface area (Å²) in [5.41, 5.74) is 0.462.